The molecule has 1 heterocycles. The van der Waals surface area contributed by atoms with Crippen molar-refractivity contribution < 1.29 is 31.9 Å². The first-order chi connectivity index (χ1) is 19.1. The lowest BCUT2D eigenvalue weighted by Gasteiger charge is -2.31. The molecular weight excluding hydrogens is 573 g/mol. The van der Waals surface area contributed by atoms with Crippen LogP contribution in [0.15, 0.2) is 60.2 Å². The van der Waals surface area contributed by atoms with Crippen molar-refractivity contribution >= 4 is 38.5 Å². The van der Waals surface area contributed by atoms with Gasteiger partial charge in [0.05, 0.1) is 23.7 Å². The number of amides is 2. The fourth-order valence-electron chi connectivity index (χ4n) is 4.37. The van der Waals surface area contributed by atoms with E-state index in [2.05, 4.69) is 10.0 Å². The first kappa shape index (κ1) is 32.5. The fourth-order valence-corrected chi connectivity index (χ4v) is 6.48. The van der Waals surface area contributed by atoms with Gasteiger partial charge in [-0.15, -0.1) is 0 Å². The van der Waals surface area contributed by atoms with Crippen LogP contribution in [0.2, 0.25) is 5.02 Å². The Hall–Kier alpha value is -2.99. The van der Waals surface area contributed by atoms with Gasteiger partial charge in [-0.05, 0) is 63.5 Å². The molecule has 2 amide bonds. The molecule has 1 aliphatic rings. The van der Waals surface area contributed by atoms with Crippen molar-refractivity contribution in [3.05, 3.63) is 76.3 Å². The van der Waals surface area contributed by atoms with E-state index in [1.165, 1.54) is 4.90 Å². The zero-order valence-electron chi connectivity index (χ0n) is 23.9. The minimum atomic E-state index is -3.96. The van der Waals surface area contributed by atoms with Crippen molar-refractivity contribution in [3.63, 3.8) is 0 Å². The van der Waals surface area contributed by atoms with Crippen molar-refractivity contribution in [2.45, 2.75) is 58.4 Å². The third-order valence-corrected chi connectivity index (χ3v) is 8.24. The molecule has 0 saturated heterocycles. The largest absolute Gasteiger partial charge is 0.444 e. The van der Waals surface area contributed by atoms with Crippen molar-refractivity contribution in [2.24, 2.45) is 0 Å². The van der Waals surface area contributed by atoms with Gasteiger partial charge in [0.1, 0.15) is 18.3 Å². The molecule has 2 aromatic carbocycles. The van der Waals surface area contributed by atoms with Crippen LogP contribution in [0.25, 0.3) is 4.91 Å². The number of hydrogen-bond acceptors (Lipinski definition) is 6. The number of carbonyl (C=O) groups is 2. The van der Waals surface area contributed by atoms with E-state index in [1.807, 2.05) is 30.3 Å². The third-order valence-electron chi connectivity index (χ3n) is 6.19. The summed E-state index contributed by atoms with van der Waals surface area (Å²) in [5.74, 6) is -0.648. The quantitative estimate of drug-likeness (QED) is 0.383. The Bertz CT molecular complexity index is 1360. The van der Waals surface area contributed by atoms with E-state index in [4.69, 9.17) is 21.1 Å². The molecule has 41 heavy (non-hydrogen) atoms. The maximum absolute atomic E-state index is 13.8. The van der Waals surface area contributed by atoms with Gasteiger partial charge in [-0.2, -0.15) is 0 Å². The van der Waals surface area contributed by atoms with Gasteiger partial charge >= 0.3 is 6.09 Å². The Balaban J connectivity index is 1.94. The average Bonchev–Trinajstić information content (AvgIpc) is 3.05. The summed E-state index contributed by atoms with van der Waals surface area (Å²) < 4.78 is 53.9. The summed E-state index contributed by atoms with van der Waals surface area (Å²) in [6, 6.07) is 14.3. The van der Waals surface area contributed by atoms with E-state index in [0.717, 1.165) is 5.56 Å². The van der Waals surface area contributed by atoms with E-state index in [-0.39, 0.29) is 31.2 Å². The average molecular weight is 610 g/mol. The summed E-state index contributed by atoms with van der Waals surface area (Å²) in [6.07, 6.45) is -0.842. The molecule has 0 fully saturated rings. The lowest BCUT2D eigenvalue weighted by Crippen LogP contribution is -2.53. The van der Waals surface area contributed by atoms with Gasteiger partial charge in [-0.25, -0.2) is 22.3 Å². The van der Waals surface area contributed by atoms with E-state index >= 15 is 0 Å². The number of alkyl carbamates (subject to hydrolysis) is 1. The summed E-state index contributed by atoms with van der Waals surface area (Å²) in [5, 5.41) is 2.98. The summed E-state index contributed by atoms with van der Waals surface area (Å²) in [4.78, 5) is 27.6. The van der Waals surface area contributed by atoms with Crippen LogP contribution in [0.1, 0.15) is 45.7 Å². The van der Waals surface area contributed by atoms with E-state index in [0.29, 0.717) is 16.2 Å². The van der Waals surface area contributed by atoms with Crippen LogP contribution < -0.4 is 10.0 Å². The lowest BCUT2D eigenvalue weighted by atomic mass is 9.92. The molecule has 1 aliphatic heterocycles. The Morgan fingerprint density at radius 2 is 1.73 bits per heavy atom. The van der Waals surface area contributed by atoms with Gasteiger partial charge < -0.3 is 19.7 Å². The van der Waals surface area contributed by atoms with E-state index < -0.39 is 45.9 Å². The normalized spacial score (nSPS) is 16.8. The highest BCUT2D eigenvalue weighted by Gasteiger charge is 2.44. The number of hydrogen-bond donors (Lipinski definition) is 2. The number of alkyl halides is 1. The van der Waals surface area contributed by atoms with Crippen LogP contribution in [0.5, 0.6) is 0 Å². The van der Waals surface area contributed by atoms with E-state index in [1.54, 1.807) is 58.9 Å². The Labute approximate surface area is 246 Å². The summed E-state index contributed by atoms with van der Waals surface area (Å²) in [6.45, 7) is 6.90. The summed E-state index contributed by atoms with van der Waals surface area (Å²) in [7, 11) is -3.96. The highest BCUT2D eigenvalue weighted by Crippen LogP contribution is 2.38. The van der Waals surface area contributed by atoms with Crippen LogP contribution in [0.3, 0.4) is 0 Å². The molecule has 12 heteroatoms. The second-order valence-electron chi connectivity index (χ2n) is 11.2. The molecule has 0 radical (unpaired) electrons. The number of carbonyl (C=O) groups excluding carboxylic acids is 2. The summed E-state index contributed by atoms with van der Waals surface area (Å²) >= 11 is 6.01. The van der Waals surface area contributed by atoms with E-state index in [9.17, 15) is 22.4 Å². The van der Waals surface area contributed by atoms with Gasteiger partial charge in [0.2, 0.25) is 15.9 Å². The molecule has 3 rings (SSSR count). The summed E-state index contributed by atoms with van der Waals surface area (Å²) in [5.41, 5.74) is -0.306. The maximum Gasteiger partial charge on any atom is 0.408 e. The Morgan fingerprint density at radius 1 is 1.10 bits per heavy atom. The number of nitrogens with one attached hydrogen (secondary N) is 2. The van der Waals surface area contributed by atoms with Crippen molar-refractivity contribution in [1.29, 1.82) is 0 Å². The minimum Gasteiger partial charge on any atom is -0.444 e. The zero-order chi connectivity index (χ0) is 30.4. The standard InChI is InChI=1S/C29H37ClFN3O6S/c1-28(2,3)40-27(36)32-24(19-39-18-20-9-7-6-8-10-20)26(35)34(16-15-31)17-23-25(21-11-13-22(30)14-12-21)41(37,38)33-29(23,4)5/h6-14,24,33H,15-19H2,1-5H3,(H,32,36)/t24-/m1/s1. The first-order valence-corrected chi connectivity index (χ1v) is 15.0. The molecule has 1 atom stereocenters. The predicted octanol–water partition coefficient (Wildman–Crippen LogP) is 4.67. The molecule has 2 N–H and O–H groups in total. The molecular formula is C29H37ClFN3O6S. The number of rotatable bonds is 11. The van der Waals surface area contributed by atoms with Crippen LogP contribution in [0.4, 0.5) is 9.18 Å². The molecule has 2 aromatic rings. The first-order valence-electron chi connectivity index (χ1n) is 13.1. The molecule has 0 unspecified atom stereocenters. The van der Waals surface area contributed by atoms with Crippen LogP contribution in [-0.2, 0) is 30.9 Å². The smallest absolute Gasteiger partial charge is 0.408 e. The van der Waals surface area contributed by atoms with Gasteiger partial charge in [-0.1, -0.05) is 54.1 Å². The Morgan fingerprint density at radius 3 is 2.32 bits per heavy atom. The topological polar surface area (TPSA) is 114 Å². The molecule has 9 nitrogen and oxygen atoms in total. The van der Waals surface area contributed by atoms with Gasteiger partial charge in [-0.3, -0.25) is 4.79 Å². The molecule has 0 bridgehead atoms. The second kappa shape index (κ2) is 13.3. The minimum absolute atomic E-state index is 0.00666. The fraction of sp³-hybridized carbons (Fsp3) is 0.448. The molecule has 0 spiro atoms. The third kappa shape index (κ3) is 9.00. The van der Waals surface area contributed by atoms with Crippen molar-refractivity contribution in [2.75, 3.05) is 26.4 Å². The monoisotopic (exact) mass is 609 g/mol. The molecule has 224 valence electrons. The highest BCUT2D eigenvalue weighted by atomic mass is 35.5. The van der Waals surface area contributed by atoms with Crippen LogP contribution in [0, 0.1) is 0 Å². The molecule has 0 aliphatic carbocycles. The predicted molar refractivity (Wildman–Crippen MR) is 156 cm³/mol. The van der Waals surface area contributed by atoms with Crippen LogP contribution in [-0.4, -0.2) is 68.9 Å². The van der Waals surface area contributed by atoms with Gasteiger partial charge in [0.15, 0.2) is 0 Å². The maximum atomic E-state index is 13.8. The van der Waals surface area contributed by atoms with Crippen molar-refractivity contribution in [3.8, 4) is 0 Å². The van der Waals surface area contributed by atoms with Crippen molar-refractivity contribution in [1.82, 2.24) is 14.9 Å². The second-order valence-corrected chi connectivity index (χ2v) is 13.2. The lowest BCUT2D eigenvalue weighted by molar-refractivity contribution is -0.135. The zero-order valence-corrected chi connectivity index (χ0v) is 25.4. The van der Waals surface area contributed by atoms with Gasteiger partial charge in [0, 0.05) is 18.1 Å². The number of halogens is 2. The number of benzene rings is 2. The Kier molecular flexibility index (Phi) is 10.6. The highest BCUT2D eigenvalue weighted by molar-refractivity contribution is 7.99. The number of sulfonamides is 1. The molecule has 0 aromatic heterocycles. The van der Waals surface area contributed by atoms with Crippen LogP contribution >= 0.6 is 11.6 Å². The number of ether oxygens (including phenoxy) is 2. The SMILES string of the molecule is CC(C)(C)OC(=O)N[C@H](COCc1ccccc1)C(=O)N(CCF)CC1=C(c2ccc(Cl)cc2)S(=O)(=O)NC1(C)C. The number of nitrogens with zero attached hydrogens (tertiary/aromatic N) is 1. The molecule has 0 saturated carbocycles. The van der Waals surface area contributed by atoms with Gasteiger partial charge in [0.25, 0.3) is 0 Å².